The van der Waals surface area contributed by atoms with Crippen LogP contribution in [0.5, 0.6) is 0 Å². The molecule has 0 aliphatic carbocycles. The highest BCUT2D eigenvalue weighted by Gasteiger charge is 2.37. The maximum atomic E-state index is 9.40. The molecule has 0 atom stereocenters. The van der Waals surface area contributed by atoms with Crippen molar-refractivity contribution >= 4 is 27.5 Å². The van der Waals surface area contributed by atoms with E-state index in [2.05, 4.69) is 27.0 Å². The molecule has 1 saturated heterocycles. The van der Waals surface area contributed by atoms with Crippen molar-refractivity contribution in [2.24, 2.45) is 0 Å². The van der Waals surface area contributed by atoms with Gasteiger partial charge in [-0.3, -0.25) is 0 Å². The van der Waals surface area contributed by atoms with Crippen LogP contribution < -0.4 is 0 Å². The molecule has 0 radical (unpaired) electrons. The molecule has 0 unspecified atom stereocenters. The molecule has 16 heavy (non-hydrogen) atoms. The van der Waals surface area contributed by atoms with Gasteiger partial charge in [-0.1, -0.05) is 11.6 Å². The van der Waals surface area contributed by atoms with Crippen LogP contribution >= 0.6 is 27.5 Å². The van der Waals surface area contributed by atoms with Gasteiger partial charge in [0.25, 0.3) is 0 Å². The van der Waals surface area contributed by atoms with Crippen molar-refractivity contribution in [1.29, 1.82) is 5.26 Å². The molecular formula is C11H10BrClN2O. The van der Waals surface area contributed by atoms with Crippen LogP contribution in [0, 0.1) is 11.3 Å². The Morgan fingerprint density at radius 1 is 1.44 bits per heavy atom. The zero-order valence-electron chi connectivity index (χ0n) is 8.54. The summed E-state index contributed by atoms with van der Waals surface area (Å²) in [5.41, 5.74) is 0.160. The summed E-state index contributed by atoms with van der Waals surface area (Å²) in [4.78, 5) is 4.28. The molecule has 5 heteroatoms. The Bertz CT molecular complexity index is 438. The van der Waals surface area contributed by atoms with Crippen LogP contribution in [0.3, 0.4) is 0 Å². The third kappa shape index (κ3) is 2.08. The molecule has 0 spiro atoms. The van der Waals surface area contributed by atoms with E-state index in [9.17, 15) is 5.26 Å². The Hall–Kier alpha value is -0.630. The standard InChI is InChI=1S/C11H10BrClN2O/c12-8-1-2-9(13)15-10(8)11(7-14)3-5-16-6-4-11/h1-2H,3-6H2. The third-order valence-electron chi connectivity index (χ3n) is 2.83. The minimum Gasteiger partial charge on any atom is -0.381 e. The average molecular weight is 302 g/mol. The van der Waals surface area contributed by atoms with E-state index in [4.69, 9.17) is 16.3 Å². The number of hydrogen-bond acceptors (Lipinski definition) is 3. The molecule has 84 valence electrons. The number of ether oxygens (including phenoxy) is 1. The zero-order valence-corrected chi connectivity index (χ0v) is 10.9. The highest BCUT2D eigenvalue weighted by atomic mass is 79.9. The van der Waals surface area contributed by atoms with Gasteiger partial charge in [-0.15, -0.1) is 0 Å². The molecule has 1 fully saturated rings. The summed E-state index contributed by atoms with van der Waals surface area (Å²) in [5, 5.41) is 9.82. The maximum absolute atomic E-state index is 9.40. The monoisotopic (exact) mass is 300 g/mol. The number of pyridine rings is 1. The summed E-state index contributed by atoms with van der Waals surface area (Å²) in [7, 11) is 0. The zero-order chi connectivity index (χ0) is 11.6. The predicted molar refractivity (Wildman–Crippen MR) is 64.3 cm³/mol. The molecule has 3 nitrogen and oxygen atoms in total. The van der Waals surface area contributed by atoms with Crippen LogP contribution in [0.4, 0.5) is 0 Å². The molecule has 2 heterocycles. The molecule has 2 rings (SSSR count). The van der Waals surface area contributed by atoms with Crippen molar-refractivity contribution < 1.29 is 4.74 Å². The molecule has 0 saturated carbocycles. The van der Waals surface area contributed by atoms with Gasteiger partial charge in [0.1, 0.15) is 10.6 Å². The SMILES string of the molecule is N#CC1(c2nc(Cl)ccc2Br)CCOCC1. The lowest BCUT2D eigenvalue weighted by Gasteiger charge is -2.30. The van der Waals surface area contributed by atoms with Crippen LogP contribution in [0.15, 0.2) is 16.6 Å². The molecule has 0 amide bonds. The second-order valence-electron chi connectivity index (χ2n) is 3.77. The predicted octanol–water partition coefficient (Wildman–Crippen LogP) is 3.07. The second kappa shape index (κ2) is 4.70. The van der Waals surface area contributed by atoms with Gasteiger partial charge in [0, 0.05) is 17.7 Å². The molecule has 1 aliphatic heterocycles. The summed E-state index contributed by atoms with van der Waals surface area (Å²) in [6, 6.07) is 5.91. The Balaban J connectivity index is 2.47. The molecule has 0 N–H and O–H groups in total. The first-order chi connectivity index (χ1) is 7.68. The van der Waals surface area contributed by atoms with E-state index >= 15 is 0 Å². The van der Waals surface area contributed by atoms with Crippen molar-refractivity contribution in [2.75, 3.05) is 13.2 Å². The van der Waals surface area contributed by atoms with Crippen LogP contribution in [0.2, 0.25) is 5.15 Å². The Kier molecular flexibility index (Phi) is 3.48. The Morgan fingerprint density at radius 3 is 2.75 bits per heavy atom. The van der Waals surface area contributed by atoms with E-state index in [0.29, 0.717) is 31.2 Å². The van der Waals surface area contributed by atoms with Crippen molar-refractivity contribution in [3.8, 4) is 6.07 Å². The van der Waals surface area contributed by atoms with Crippen LogP contribution in [-0.2, 0) is 10.2 Å². The summed E-state index contributed by atoms with van der Waals surface area (Å²) in [6.07, 6.45) is 1.32. The normalized spacial score (nSPS) is 19.1. The van der Waals surface area contributed by atoms with Gasteiger partial charge in [0.2, 0.25) is 0 Å². The largest absolute Gasteiger partial charge is 0.381 e. The smallest absolute Gasteiger partial charge is 0.129 e. The van der Waals surface area contributed by atoms with Gasteiger partial charge in [0.15, 0.2) is 0 Å². The molecule has 1 aromatic heterocycles. The Morgan fingerprint density at radius 2 is 2.12 bits per heavy atom. The maximum Gasteiger partial charge on any atom is 0.129 e. The van der Waals surface area contributed by atoms with Crippen LogP contribution in [-0.4, -0.2) is 18.2 Å². The first kappa shape index (κ1) is 11.8. The van der Waals surface area contributed by atoms with Crippen LogP contribution in [0.1, 0.15) is 18.5 Å². The van der Waals surface area contributed by atoms with Crippen LogP contribution in [0.25, 0.3) is 0 Å². The topological polar surface area (TPSA) is 45.9 Å². The number of rotatable bonds is 1. The summed E-state index contributed by atoms with van der Waals surface area (Å²) >= 11 is 9.31. The number of hydrogen-bond donors (Lipinski definition) is 0. The summed E-state index contributed by atoms with van der Waals surface area (Å²) < 4.78 is 6.12. The minimum absolute atomic E-state index is 0.416. The van der Waals surface area contributed by atoms with Crippen molar-refractivity contribution in [3.05, 3.63) is 27.5 Å². The number of nitriles is 1. The highest BCUT2D eigenvalue weighted by Crippen LogP contribution is 2.37. The summed E-state index contributed by atoms with van der Waals surface area (Å²) in [6.45, 7) is 1.18. The van der Waals surface area contributed by atoms with E-state index in [0.717, 1.165) is 10.2 Å². The van der Waals surface area contributed by atoms with Gasteiger partial charge in [-0.05, 0) is 40.9 Å². The van der Waals surface area contributed by atoms with Crippen molar-refractivity contribution in [2.45, 2.75) is 18.3 Å². The lowest BCUT2D eigenvalue weighted by atomic mass is 9.78. The fourth-order valence-corrected chi connectivity index (χ4v) is 2.62. The first-order valence-corrected chi connectivity index (χ1v) is 6.16. The van der Waals surface area contributed by atoms with E-state index in [-0.39, 0.29) is 0 Å². The highest BCUT2D eigenvalue weighted by molar-refractivity contribution is 9.10. The lowest BCUT2D eigenvalue weighted by Crippen LogP contribution is -2.33. The third-order valence-corrected chi connectivity index (χ3v) is 3.68. The average Bonchev–Trinajstić information content (AvgIpc) is 2.33. The minimum atomic E-state index is -0.567. The Labute approximate surface area is 108 Å². The number of halogens is 2. The van der Waals surface area contributed by atoms with Crippen molar-refractivity contribution in [1.82, 2.24) is 4.98 Å². The molecular weight excluding hydrogens is 291 g/mol. The molecule has 0 aromatic carbocycles. The fourth-order valence-electron chi connectivity index (χ4n) is 1.88. The van der Waals surface area contributed by atoms with E-state index in [1.807, 2.05) is 6.07 Å². The van der Waals surface area contributed by atoms with E-state index in [1.165, 1.54) is 0 Å². The molecule has 0 bridgehead atoms. The lowest BCUT2D eigenvalue weighted by molar-refractivity contribution is 0.0662. The van der Waals surface area contributed by atoms with Gasteiger partial charge in [0.05, 0.1) is 11.8 Å². The molecule has 1 aliphatic rings. The van der Waals surface area contributed by atoms with Gasteiger partial charge < -0.3 is 4.74 Å². The van der Waals surface area contributed by atoms with Gasteiger partial charge in [-0.25, -0.2) is 4.98 Å². The van der Waals surface area contributed by atoms with Gasteiger partial charge in [-0.2, -0.15) is 5.26 Å². The van der Waals surface area contributed by atoms with Gasteiger partial charge >= 0.3 is 0 Å². The summed E-state index contributed by atoms with van der Waals surface area (Å²) in [5.74, 6) is 0. The number of aromatic nitrogens is 1. The fraction of sp³-hybridized carbons (Fsp3) is 0.455. The second-order valence-corrected chi connectivity index (χ2v) is 5.01. The molecule has 1 aromatic rings. The van der Waals surface area contributed by atoms with E-state index in [1.54, 1.807) is 6.07 Å². The number of nitrogens with zero attached hydrogens (tertiary/aromatic N) is 2. The van der Waals surface area contributed by atoms with Crippen molar-refractivity contribution in [3.63, 3.8) is 0 Å². The van der Waals surface area contributed by atoms with E-state index < -0.39 is 5.41 Å². The quantitative estimate of drug-likeness (QED) is 0.749. The first-order valence-electron chi connectivity index (χ1n) is 4.99.